The minimum absolute atomic E-state index is 0.223. The van der Waals surface area contributed by atoms with E-state index in [0.717, 1.165) is 0 Å². The maximum atomic E-state index is 12.0. The lowest BCUT2D eigenvalue weighted by Gasteiger charge is -2.20. The monoisotopic (exact) mass is 231 g/mol. The van der Waals surface area contributed by atoms with E-state index in [2.05, 4.69) is 22.1 Å². The summed E-state index contributed by atoms with van der Waals surface area (Å²) in [5.74, 6) is 5.34. The number of nitrogens with zero attached hydrogens (tertiary/aromatic N) is 1. The van der Waals surface area contributed by atoms with E-state index in [1.54, 1.807) is 18.3 Å². The smallest absolute Gasteiger partial charge is 0.271 e. The molecule has 1 aromatic heterocycles. The fraction of sp³-hybridized carbons (Fsp3) is 0.385. The Morgan fingerprint density at radius 2 is 2.24 bits per heavy atom. The molecule has 0 aliphatic rings. The molecule has 0 unspecified atom stereocenters. The zero-order valence-electron chi connectivity index (χ0n) is 10.4. The average molecular weight is 231 g/mol. The first kappa shape index (κ1) is 13.2. The van der Waals surface area contributed by atoms with Crippen molar-refractivity contribution in [2.75, 3.05) is 6.54 Å². The van der Waals surface area contributed by atoms with Crippen LogP contribution >= 0.6 is 0 Å². The second kappa shape index (κ2) is 5.46. The van der Waals surface area contributed by atoms with Gasteiger partial charge in [-0.1, -0.05) is 11.8 Å². The van der Waals surface area contributed by atoms with Crippen molar-refractivity contribution in [3.8, 4) is 11.8 Å². The van der Waals surface area contributed by atoms with Crippen LogP contribution in [0.4, 0.5) is 0 Å². The average Bonchev–Trinajstić information content (AvgIpc) is 2.24. The zero-order valence-corrected chi connectivity index (χ0v) is 10.4. The van der Waals surface area contributed by atoms with Crippen LogP contribution in [0.1, 0.15) is 36.8 Å². The standard InChI is InChI=1S/C13H17N3O/c1-13(2,3)16-12(17)11-10(6-4-8-14)7-5-9-15-11/h5,7,9H,8,14H2,1-3H3,(H,16,17). The van der Waals surface area contributed by atoms with E-state index in [-0.39, 0.29) is 18.0 Å². The molecule has 1 amide bonds. The van der Waals surface area contributed by atoms with Gasteiger partial charge >= 0.3 is 0 Å². The van der Waals surface area contributed by atoms with Crippen molar-refractivity contribution in [1.29, 1.82) is 0 Å². The molecule has 0 aliphatic heterocycles. The number of hydrogen-bond acceptors (Lipinski definition) is 3. The normalized spacial score (nSPS) is 10.4. The first-order valence-corrected chi connectivity index (χ1v) is 5.40. The zero-order chi connectivity index (χ0) is 12.9. The van der Waals surface area contributed by atoms with Gasteiger partial charge in [-0.3, -0.25) is 4.79 Å². The fourth-order valence-electron chi connectivity index (χ4n) is 1.23. The van der Waals surface area contributed by atoms with Gasteiger partial charge in [0.15, 0.2) is 0 Å². The van der Waals surface area contributed by atoms with Crippen LogP contribution in [0.15, 0.2) is 18.3 Å². The number of amides is 1. The second-order valence-electron chi connectivity index (χ2n) is 4.61. The van der Waals surface area contributed by atoms with E-state index >= 15 is 0 Å². The van der Waals surface area contributed by atoms with Crippen LogP contribution in [0.5, 0.6) is 0 Å². The summed E-state index contributed by atoms with van der Waals surface area (Å²) in [7, 11) is 0. The molecule has 1 rings (SSSR count). The molecule has 0 aromatic carbocycles. The lowest BCUT2D eigenvalue weighted by Crippen LogP contribution is -2.41. The highest BCUT2D eigenvalue weighted by Gasteiger charge is 2.18. The van der Waals surface area contributed by atoms with E-state index < -0.39 is 0 Å². The summed E-state index contributed by atoms with van der Waals surface area (Å²) in [6.07, 6.45) is 1.57. The third-order valence-electron chi connectivity index (χ3n) is 1.84. The van der Waals surface area contributed by atoms with Crippen LogP contribution in [-0.4, -0.2) is 23.0 Å². The van der Waals surface area contributed by atoms with Gasteiger partial charge < -0.3 is 11.1 Å². The molecule has 4 heteroatoms. The lowest BCUT2D eigenvalue weighted by atomic mass is 10.1. The van der Waals surface area contributed by atoms with E-state index in [1.165, 1.54) is 0 Å². The highest BCUT2D eigenvalue weighted by atomic mass is 16.2. The number of nitrogens with one attached hydrogen (secondary N) is 1. The maximum Gasteiger partial charge on any atom is 0.271 e. The number of hydrogen-bond donors (Lipinski definition) is 2. The Kier molecular flexibility index (Phi) is 4.24. The molecule has 1 aromatic rings. The number of carbonyl (C=O) groups is 1. The Morgan fingerprint density at radius 1 is 1.53 bits per heavy atom. The summed E-state index contributed by atoms with van der Waals surface area (Å²) < 4.78 is 0. The van der Waals surface area contributed by atoms with Crippen molar-refractivity contribution in [1.82, 2.24) is 10.3 Å². The molecule has 0 aliphatic carbocycles. The number of rotatable bonds is 1. The van der Waals surface area contributed by atoms with Gasteiger partial charge in [-0.25, -0.2) is 4.98 Å². The van der Waals surface area contributed by atoms with Crippen LogP contribution in [0.3, 0.4) is 0 Å². The lowest BCUT2D eigenvalue weighted by molar-refractivity contribution is 0.0914. The molecule has 90 valence electrons. The number of pyridine rings is 1. The SMILES string of the molecule is CC(C)(C)NC(=O)c1ncccc1C#CCN. The first-order valence-electron chi connectivity index (χ1n) is 5.40. The summed E-state index contributed by atoms with van der Waals surface area (Å²) in [4.78, 5) is 16.0. The van der Waals surface area contributed by atoms with Crippen molar-refractivity contribution in [2.45, 2.75) is 26.3 Å². The summed E-state index contributed by atoms with van der Waals surface area (Å²) in [5.41, 5.74) is 5.94. The van der Waals surface area contributed by atoms with Crippen molar-refractivity contribution >= 4 is 5.91 Å². The first-order chi connectivity index (χ1) is 7.94. The third-order valence-corrected chi connectivity index (χ3v) is 1.84. The summed E-state index contributed by atoms with van der Waals surface area (Å²) in [6, 6.07) is 3.50. The quantitative estimate of drug-likeness (QED) is 0.706. The molecule has 0 radical (unpaired) electrons. The molecule has 0 atom stereocenters. The van der Waals surface area contributed by atoms with Gasteiger partial charge in [-0.05, 0) is 32.9 Å². The Hall–Kier alpha value is -1.86. The van der Waals surface area contributed by atoms with Crippen molar-refractivity contribution in [3.63, 3.8) is 0 Å². The molecule has 0 spiro atoms. The molecule has 17 heavy (non-hydrogen) atoms. The highest BCUT2D eigenvalue weighted by Crippen LogP contribution is 2.06. The van der Waals surface area contributed by atoms with Gasteiger partial charge in [0, 0.05) is 11.7 Å². The van der Waals surface area contributed by atoms with E-state index in [0.29, 0.717) is 11.3 Å². The summed E-state index contributed by atoms with van der Waals surface area (Å²) in [5, 5.41) is 2.85. The Bertz CT molecular complexity index is 464. The van der Waals surface area contributed by atoms with Gasteiger partial charge in [0.1, 0.15) is 5.69 Å². The topological polar surface area (TPSA) is 68.0 Å². The Balaban J connectivity index is 3.01. The predicted octanol–water partition coefficient (Wildman–Crippen LogP) is 0.920. The van der Waals surface area contributed by atoms with Crippen LogP contribution in [0.2, 0.25) is 0 Å². The molecule has 0 saturated carbocycles. The van der Waals surface area contributed by atoms with Gasteiger partial charge in [0.25, 0.3) is 5.91 Å². The molecular formula is C13H17N3O. The molecule has 1 heterocycles. The van der Waals surface area contributed by atoms with E-state index in [1.807, 2.05) is 20.8 Å². The molecular weight excluding hydrogens is 214 g/mol. The van der Waals surface area contributed by atoms with Crippen LogP contribution in [0.25, 0.3) is 0 Å². The highest BCUT2D eigenvalue weighted by molar-refractivity contribution is 5.95. The van der Waals surface area contributed by atoms with Crippen LogP contribution < -0.4 is 11.1 Å². The predicted molar refractivity (Wildman–Crippen MR) is 67.4 cm³/mol. The van der Waals surface area contributed by atoms with Crippen molar-refractivity contribution in [2.24, 2.45) is 5.73 Å². The maximum absolute atomic E-state index is 12.0. The number of nitrogens with two attached hydrogens (primary N) is 1. The largest absolute Gasteiger partial charge is 0.346 e. The molecule has 0 bridgehead atoms. The van der Waals surface area contributed by atoms with Gasteiger partial charge in [0.05, 0.1) is 12.1 Å². The minimum Gasteiger partial charge on any atom is -0.346 e. The Morgan fingerprint density at radius 3 is 2.82 bits per heavy atom. The number of aromatic nitrogens is 1. The van der Waals surface area contributed by atoms with E-state index in [4.69, 9.17) is 5.73 Å². The van der Waals surface area contributed by atoms with Gasteiger partial charge in [-0.15, -0.1) is 0 Å². The molecule has 0 saturated heterocycles. The Labute approximate surface area is 102 Å². The summed E-state index contributed by atoms with van der Waals surface area (Å²) >= 11 is 0. The number of carbonyl (C=O) groups excluding carboxylic acids is 1. The summed E-state index contributed by atoms with van der Waals surface area (Å²) in [6.45, 7) is 6.01. The van der Waals surface area contributed by atoms with Gasteiger partial charge in [0.2, 0.25) is 0 Å². The van der Waals surface area contributed by atoms with Crippen LogP contribution in [-0.2, 0) is 0 Å². The van der Waals surface area contributed by atoms with Gasteiger partial charge in [-0.2, -0.15) is 0 Å². The minimum atomic E-state index is -0.298. The van der Waals surface area contributed by atoms with Crippen molar-refractivity contribution in [3.05, 3.63) is 29.6 Å². The van der Waals surface area contributed by atoms with E-state index in [9.17, 15) is 4.79 Å². The third kappa shape index (κ3) is 4.25. The molecule has 0 fully saturated rings. The molecule has 3 N–H and O–H groups in total. The van der Waals surface area contributed by atoms with Crippen molar-refractivity contribution < 1.29 is 4.79 Å². The van der Waals surface area contributed by atoms with Crippen LogP contribution in [0, 0.1) is 11.8 Å². The molecule has 4 nitrogen and oxygen atoms in total. The second-order valence-corrected chi connectivity index (χ2v) is 4.61. The fourth-order valence-corrected chi connectivity index (χ4v) is 1.23.